The minimum Gasteiger partial charge on any atom is -0.398 e. The van der Waals surface area contributed by atoms with Crippen LogP contribution in [0.15, 0.2) is 30.3 Å². The third kappa shape index (κ3) is 3.05. The summed E-state index contributed by atoms with van der Waals surface area (Å²) in [5.41, 5.74) is 6.97. The second kappa shape index (κ2) is 5.46. The van der Waals surface area contributed by atoms with E-state index in [0.29, 0.717) is 17.6 Å². The normalized spacial score (nSPS) is 11.6. The number of nitrogens with one attached hydrogen (secondary N) is 1. The Hall–Kier alpha value is -2.14. The monoisotopic (exact) mass is 273 g/mol. The van der Waals surface area contributed by atoms with Gasteiger partial charge in [0.05, 0.1) is 5.52 Å². The summed E-state index contributed by atoms with van der Waals surface area (Å²) >= 11 is 0. The molecule has 2 aromatic rings. The highest BCUT2D eigenvalue weighted by molar-refractivity contribution is 5.99. The first kappa shape index (κ1) is 14.3. The number of pyridine rings is 1. The van der Waals surface area contributed by atoms with Crippen molar-refractivity contribution in [3.8, 4) is 0 Å². The number of fused-ring (bicyclic) bond motifs is 1. The van der Waals surface area contributed by atoms with E-state index in [-0.39, 0.29) is 18.2 Å². The van der Waals surface area contributed by atoms with E-state index in [4.69, 9.17) is 10.8 Å². The summed E-state index contributed by atoms with van der Waals surface area (Å²) in [5.74, 6) is -0.291. The molecule has 0 atom stereocenters. The summed E-state index contributed by atoms with van der Waals surface area (Å²) in [6.07, 6.45) is 0.474. The van der Waals surface area contributed by atoms with Gasteiger partial charge in [-0.15, -0.1) is 0 Å². The number of rotatable bonds is 4. The number of aliphatic hydroxyl groups excluding tert-OH is 1. The van der Waals surface area contributed by atoms with Crippen LogP contribution in [-0.4, -0.2) is 28.1 Å². The van der Waals surface area contributed by atoms with Gasteiger partial charge in [0.25, 0.3) is 5.91 Å². The molecule has 0 saturated carbocycles. The van der Waals surface area contributed by atoms with Crippen molar-refractivity contribution < 1.29 is 9.90 Å². The zero-order valence-corrected chi connectivity index (χ0v) is 11.7. The van der Waals surface area contributed by atoms with Crippen LogP contribution >= 0.6 is 0 Å². The molecule has 0 saturated heterocycles. The molecule has 1 aromatic carbocycles. The Kier molecular flexibility index (Phi) is 3.90. The Labute approximate surface area is 117 Å². The van der Waals surface area contributed by atoms with Crippen LogP contribution in [0.3, 0.4) is 0 Å². The van der Waals surface area contributed by atoms with Crippen LogP contribution in [0.2, 0.25) is 0 Å². The standard InChI is InChI=1S/C15H19N3O2/c1-15(2,7-8-19)18-14(20)13-9-11(16)10-5-3-4-6-12(10)17-13/h3-6,9,19H,7-8H2,1-2H3,(H2,16,17)(H,18,20). The molecular formula is C15H19N3O2. The molecule has 5 heteroatoms. The Balaban J connectivity index is 2.31. The molecule has 2 rings (SSSR count). The number of carbonyl (C=O) groups is 1. The van der Waals surface area contributed by atoms with Crippen LogP contribution in [0.5, 0.6) is 0 Å². The fourth-order valence-corrected chi connectivity index (χ4v) is 2.03. The van der Waals surface area contributed by atoms with Gasteiger partial charge in [-0.3, -0.25) is 4.79 Å². The van der Waals surface area contributed by atoms with E-state index >= 15 is 0 Å². The van der Waals surface area contributed by atoms with E-state index in [1.807, 2.05) is 38.1 Å². The van der Waals surface area contributed by atoms with Crippen LogP contribution in [0.1, 0.15) is 30.8 Å². The largest absolute Gasteiger partial charge is 0.398 e. The summed E-state index contributed by atoms with van der Waals surface area (Å²) in [6.45, 7) is 3.72. The quantitative estimate of drug-likeness (QED) is 0.791. The minimum absolute atomic E-state index is 0.0145. The van der Waals surface area contributed by atoms with Crippen LogP contribution < -0.4 is 11.1 Å². The van der Waals surface area contributed by atoms with Crippen molar-refractivity contribution in [2.45, 2.75) is 25.8 Å². The lowest BCUT2D eigenvalue weighted by molar-refractivity contribution is 0.0895. The summed E-state index contributed by atoms with van der Waals surface area (Å²) in [6, 6.07) is 9.00. The minimum atomic E-state index is -0.492. The number of aliphatic hydroxyl groups is 1. The maximum Gasteiger partial charge on any atom is 0.270 e. The van der Waals surface area contributed by atoms with Crippen LogP contribution in [0.4, 0.5) is 5.69 Å². The Morgan fingerprint density at radius 1 is 1.40 bits per heavy atom. The molecule has 20 heavy (non-hydrogen) atoms. The zero-order valence-electron chi connectivity index (χ0n) is 11.7. The third-order valence-electron chi connectivity index (χ3n) is 3.17. The molecule has 0 spiro atoms. The second-order valence-corrected chi connectivity index (χ2v) is 5.43. The lowest BCUT2D eigenvalue weighted by atomic mass is 10.0. The van der Waals surface area contributed by atoms with E-state index in [1.54, 1.807) is 6.07 Å². The molecule has 0 aliphatic carbocycles. The lowest BCUT2D eigenvalue weighted by Crippen LogP contribution is -2.44. The molecule has 4 N–H and O–H groups in total. The van der Waals surface area contributed by atoms with Gasteiger partial charge < -0.3 is 16.2 Å². The van der Waals surface area contributed by atoms with Gasteiger partial charge in [0, 0.05) is 23.2 Å². The topological polar surface area (TPSA) is 88.2 Å². The molecule has 0 bridgehead atoms. The molecule has 0 radical (unpaired) electrons. The van der Waals surface area contributed by atoms with Crippen molar-refractivity contribution >= 4 is 22.5 Å². The molecule has 1 amide bonds. The zero-order chi connectivity index (χ0) is 14.8. The van der Waals surface area contributed by atoms with Crippen molar-refractivity contribution in [3.63, 3.8) is 0 Å². The predicted molar refractivity (Wildman–Crippen MR) is 79.4 cm³/mol. The van der Waals surface area contributed by atoms with Gasteiger partial charge in [-0.1, -0.05) is 18.2 Å². The number of benzene rings is 1. The van der Waals surface area contributed by atoms with Crippen molar-refractivity contribution in [2.75, 3.05) is 12.3 Å². The highest BCUT2D eigenvalue weighted by Crippen LogP contribution is 2.20. The van der Waals surface area contributed by atoms with E-state index in [9.17, 15) is 4.79 Å². The van der Waals surface area contributed by atoms with Crippen molar-refractivity contribution in [1.82, 2.24) is 10.3 Å². The molecule has 106 valence electrons. The average molecular weight is 273 g/mol. The number of amides is 1. The van der Waals surface area contributed by atoms with E-state index in [0.717, 1.165) is 5.39 Å². The Morgan fingerprint density at radius 3 is 2.80 bits per heavy atom. The first-order valence-electron chi connectivity index (χ1n) is 6.51. The molecular weight excluding hydrogens is 254 g/mol. The smallest absolute Gasteiger partial charge is 0.270 e. The summed E-state index contributed by atoms with van der Waals surface area (Å²) in [4.78, 5) is 16.5. The van der Waals surface area contributed by atoms with E-state index in [2.05, 4.69) is 10.3 Å². The summed E-state index contributed by atoms with van der Waals surface area (Å²) in [7, 11) is 0. The second-order valence-electron chi connectivity index (χ2n) is 5.43. The Bertz CT molecular complexity index is 638. The predicted octanol–water partition coefficient (Wildman–Crippen LogP) is 1.71. The SMILES string of the molecule is CC(C)(CCO)NC(=O)c1cc(N)c2ccccc2n1. The average Bonchev–Trinajstić information content (AvgIpc) is 2.38. The number of hydrogen-bond donors (Lipinski definition) is 3. The molecule has 0 aliphatic rings. The van der Waals surface area contributed by atoms with Gasteiger partial charge in [0.15, 0.2) is 0 Å². The van der Waals surface area contributed by atoms with E-state index in [1.165, 1.54) is 0 Å². The number of nitrogens with zero attached hydrogens (tertiary/aromatic N) is 1. The number of carbonyl (C=O) groups excluding carboxylic acids is 1. The van der Waals surface area contributed by atoms with E-state index < -0.39 is 5.54 Å². The van der Waals surface area contributed by atoms with Crippen molar-refractivity contribution in [1.29, 1.82) is 0 Å². The Morgan fingerprint density at radius 2 is 2.10 bits per heavy atom. The fraction of sp³-hybridized carbons (Fsp3) is 0.333. The van der Waals surface area contributed by atoms with Gasteiger partial charge in [0.1, 0.15) is 5.69 Å². The number of aromatic nitrogens is 1. The van der Waals surface area contributed by atoms with Gasteiger partial charge in [0.2, 0.25) is 0 Å². The first-order valence-corrected chi connectivity index (χ1v) is 6.51. The lowest BCUT2D eigenvalue weighted by Gasteiger charge is -2.25. The number of nitrogen functional groups attached to an aromatic ring is 1. The van der Waals surface area contributed by atoms with Crippen LogP contribution in [0.25, 0.3) is 10.9 Å². The van der Waals surface area contributed by atoms with Crippen LogP contribution in [-0.2, 0) is 0 Å². The number of hydrogen-bond acceptors (Lipinski definition) is 4. The molecule has 0 unspecified atom stereocenters. The molecule has 1 heterocycles. The highest BCUT2D eigenvalue weighted by Gasteiger charge is 2.21. The van der Waals surface area contributed by atoms with Crippen molar-refractivity contribution in [2.24, 2.45) is 0 Å². The first-order chi connectivity index (χ1) is 9.43. The molecule has 1 aromatic heterocycles. The number of anilines is 1. The number of para-hydroxylation sites is 1. The summed E-state index contributed by atoms with van der Waals surface area (Å²) in [5, 5.41) is 12.7. The van der Waals surface area contributed by atoms with Gasteiger partial charge in [-0.05, 0) is 32.4 Å². The maximum absolute atomic E-state index is 12.2. The van der Waals surface area contributed by atoms with Crippen molar-refractivity contribution in [3.05, 3.63) is 36.0 Å². The van der Waals surface area contributed by atoms with Crippen LogP contribution in [0, 0.1) is 0 Å². The fourth-order valence-electron chi connectivity index (χ4n) is 2.03. The highest BCUT2D eigenvalue weighted by atomic mass is 16.3. The number of nitrogens with two attached hydrogens (primary N) is 1. The molecule has 5 nitrogen and oxygen atoms in total. The van der Waals surface area contributed by atoms with Gasteiger partial charge in [-0.2, -0.15) is 0 Å². The van der Waals surface area contributed by atoms with Gasteiger partial charge >= 0.3 is 0 Å². The third-order valence-corrected chi connectivity index (χ3v) is 3.17. The van der Waals surface area contributed by atoms with Gasteiger partial charge in [-0.25, -0.2) is 4.98 Å². The summed E-state index contributed by atoms with van der Waals surface area (Å²) < 4.78 is 0. The molecule has 0 fully saturated rings. The maximum atomic E-state index is 12.2. The molecule has 0 aliphatic heterocycles.